The smallest absolute Gasteiger partial charge is 0.237 e. The molecule has 0 fully saturated rings. The fraction of sp³-hybridized carbons (Fsp3) is 0.200. The van der Waals surface area contributed by atoms with Crippen molar-refractivity contribution in [1.82, 2.24) is 4.98 Å². The van der Waals surface area contributed by atoms with Crippen molar-refractivity contribution < 1.29 is 4.79 Å². The zero-order valence-corrected chi connectivity index (χ0v) is 12.3. The maximum absolute atomic E-state index is 12.2. The molecule has 104 valence electrons. The summed E-state index contributed by atoms with van der Waals surface area (Å²) in [6.07, 6.45) is 1.72. The van der Waals surface area contributed by atoms with Gasteiger partial charge in [0.1, 0.15) is 0 Å². The van der Waals surface area contributed by atoms with Crippen LogP contribution in [-0.2, 0) is 4.79 Å². The van der Waals surface area contributed by atoms with Gasteiger partial charge in [0.2, 0.25) is 5.91 Å². The average molecular weight is 287 g/mol. The van der Waals surface area contributed by atoms with E-state index in [0.717, 1.165) is 16.3 Å². The van der Waals surface area contributed by atoms with Gasteiger partial charge in [-0.05, 0) is 43.7 Å². The Hall–Kier alpha value is -2.01. The predicted molar refractivity (Wildman–Crippen MR) is 83.8 cm³/mol. The van der Waals surface area contributed by atoms with Crippen molar-refractivity contribution in [2.45, 2.75) is 24.1 Å². The quantitative estimate of drug-likeness (QED) is 0.670. The molecule has 3 N–H and O–H groups in total. The molecule has 1 atom stereocenters. The molecule has 0 aliphatic rings. The molecule has 1 unspecified atom stereocenters. The molecule has 0 radical (unpaired) electrons. The molecule has 1 aromatic carbocycles. The standard InChI is InChI=1S/C15H17N3OS/c1-10-12(16)6-5-7-13(10)18-15(19)11(2)20-14-8-3-4-9-17-14/h3-9,11H,16H2,1-2H3,(H,18,19). The van der Waals surface area contributed by atoms with Crippen LogP contribution < -0.4 is 11.1 Å². The largest absolute Gasteiger partial charge is 0.398 e. The maximum atomic E-state index is 12.2. The summed E-state index contributed by atoms with van der Waals surface area (Å²) >= 11 is 1.43. The molecule has 1 aromatic heterocycles. The minimum absolute atomic E-state index is 0.0608. The Morgan fingerprint density at radius 1 is 1.30 bits per heavy atom. The molecule has 0 bridgehead atoms. The van der Waals surface area contributed by atoms with E-state index < -0.39 is 0 Å². The van der Waals surface area contributed by atoms with E-state index in [4.69, 9.17) is 5.73 Å². The molecule has 1 heterocycles. The Labute approximate surface area is 122 Å². The molecule has 0 aliphatic heterocycles. The Balaban J connectivity index is 2.03. The van der Waals surface area contributed by atoms with Crippen LogP contribution >= 0.6 is 11.8 Å². The van der Waals surface area contributed by atoms with Gasteiger partial charge in [0, 0.05) is 17.6 Å². The number of pyridine rings is 1. The maximum Gasteiger partial charge on any atom is 0.237 e. The number of nitrogens with two attached hydrogens (primary N) is 1. The van der Waals surface area contributed by atoms with Crippen LogP contribution in [0.5, 0.6) is 0 Å². The summed E-state index contributed by atoms with van der Waals surface area (Å²) in [5.41, 5.74) is 8.14. The number of anilines is 2. The third-order valence-corrected chi connectivity index (χ3v) is 3.99. The summed E-state index contributed by atoms with van der Waals surface area (Å²) in [5, 5.41) is 3.51. The van der Waals surface area contributed by atoms with Gasteiger partial charge in [0.15, 0.2) is 0 Å². The topological polar surface area (TPSA) is 68.0 Å². The SMILES string of the molecule is Cc1c(N)cccc1NC(=O)C(C)Sc1ccccn1. The zero-order valence-electron chi connectivity index (χ0n) is 11.5. The number of benzene rings is 1. The molecule has 5 heteroatoms. The molecule has 0 aliphatic carbocycles. The lowest BCUT2D eigenvalue weighted by molar-refractivity contribution is -0.115. The van der Waals surface area contributed by atoms with Gasteiger partial charge in [-0.25, -0.2) is 4.98 Å². The number of carbonyl (C=O) groups excluding carboxylic acids is 1. The van der Waals surface area contributed by atoms with Crippen LogP contribution in [0.1, 0.15) is 12.5 Å². The summed E-state index contributed by atoms with van der Waals surface area (Å²) in [4.78, 5) is 16.4. The molecule has 0 spiro atoms. The van der Waals surface area contributed by atoms with E-state index in [1.807, 2.05) is 50.2 Å². The highest BCUT2D eigenvalue weighted by atomic mass is 32.2. The molecule has 2 aromatic rings. The van der Waals surface area contributed by atoms with Crippen LogP contribution in [-0.4, -0.2) is 16.1 Å². The van der Waals surface area contributed by atoms with Crippen LogP contribution in [0.3, 0.4) is 0 Å². The van der Waals surface area contributed by atoms with E-state index in [0.29, 0.717) is 5.69 Å². The average Bonchev–Trinajstić information content (AvgIpc) is 2.45. The second-order valence-electron chi connectivity index (χ2n) is 4.44. The minimum Gasteiger partial charge on any atom is -0.398 e. The molecular formula is C15H17N3OS. The first-order valence-corrected chi connectivity index (χ1v) is 7.19. The summed E-state index contributed by atoms with van der Waals surface area (Å²) in [7, 11) is 0. The van der Waals surface area contributed by atoms with E-state index in [1.54, 1.807) is 6.20 Å². The molecular weight excluding hydrogens is 270 g/mol. The van der Waals surface area contributed by atoms with Crippen molar-refractivity contribution in [1.29, 1.82) is 0 Å². The van der Waals surface area contributed by atoms with Gasteiger partial charge >= 0.3 is 0 Å². The number of carbonyl (C=O) groups is 1. The summed E-state index contributed by atoms with van der Waals surface area (Å²) in [6.45, 7) is 3.75. The van der Waals surface area contributed by atoms with Gasteiger partial charge < -0.3 is 11.1 Å². The summed E-state index contributed by atoms with van der Waals surface area (Å²) in [5.74, 6) is -0.0608. The van der Waals surface area contributed by atoms with E-state index >= 15 is 0 Å². The Morgan fingerprint density at radius 3 is 2.80 bits per heavy atom. The second-order valence-corrected chi connectivity index (χ2v) is 5.80. The third-order valence-electron chi connectivity index (χ3n) is 2.94. The van der Waals surface area contributed by atoms with Gasteiger partial charge in [-0.2, -0.15) is 0 Å². The highest BCUT2D eigenvalue weighted by Crippen LogP contribution is 2.24. The number of nitrogens with zero attached hydrogens (tertiary/aromatic N) is 1. The van der Waals surface area contributed by atoms with Gasteiger partial charge in [-0.15, -0.1) is 0 Å². The summed E-state index contributed by atoms with van der Waals surface area (Å²) < 4.78 is 0. The van der Waals surface area contributed by atoms with Crippen LogP contribution in [0.4, 0.5) is 11.4 Å². The minimum atomic E-state index is -0.231. The third kappa shape index (κ3) is 3.51. The molecule has 1 amide bonds. The Kier molecular flexibility index (Phi) is 4.63. The molecule has 0 saturated carbocycles. The van der Waals surface area contributed by atoms with E-state index in [9.17, 15) is 4.79 Å². The number of rotatable bonds is 4. The van der Waals surface area contributed by atoms with Crippen molar-refractivity contribution in [2.75, 3.05) is 11.1 Å². The van der Waals surface area contributed by atoms with E-state index in [1.165, 1.54) is 11.8 Å². The summed E-state index contributed by atoms with van der Waals surface area (Å²) in [6, 6.07) is 11.1. The molecule has 0 saturated heterocycles. The first-order chi connectivity index (χ1) is 9.58. The van der Waals surface area contributed by atoms with Gasteiger partial charge in [-0.1, -0.05) is 23.9 Å². The van der Waals surface area contributed by atoms with E-state index in [2.05, 4.69) is 10.3 Å². The van der Waals surface area contributed by atoms with Crippen molar-refractivity contribution in [3.05, 3.63) is 48.2 Å². The fourth-order valence-electron chi connectivity index (χ4n) is 1.67. The van der Waals surface area contributed by atoms with Crippen LogP contribution in [0.2, 0.25) is 0 Å². The normalized spacial score (nSPS) is 11.9. The van der Waals surface area contributed by atoms with Gasteiger partial charge in [0.05, 0.1) is 10.3 Å². The van der Waals surface area contributed by atoms with Crippen molar-refractivity contribution >= 4 is 29.0 Å². The van der Waals surface area contributed by atoms with Crippen molar-refractivity contribution in [3.63, 3.8) is 0 Å². The Morgan fingerprint density at radius 2 is 2.10 bits per heavy atom. The lowest BCUT2D eigenvalue weighted by Gasteiger charge is -2.14. The number of hydrogen-bond acceptors (Lipinski definition) is 4. The Bertz CT molecular complexity index is 601. The lowest BCUT2D eigenvalue weighted by Crippen LogP contribution is -2.23. The number of thioether (sulfide) groups is 1. The number of nitrogen functional groups attached to an aromatic ring is 1. The molecule has 20 heavy (non-hydrogen) atoms. The molecule has 2 rings (SSSR count). The second kappa shape index (κ2) is 6.43. The number of aromatic nitrogens is 1. The first kappa shape index (κ1) is 14.4. The van der Waals surface area contributed by atoms with Crippen LogP contribution in [0, 0.1) is 6.92 Å². The van der Waals surface area contributed by atoms with Gasteiger partial charge in [0.25, 0.3) is 0 Å². The van der Waals surface area contributed by atoms with E-state index in [-0.39, 0.29) is 11.2 Å². The van der Waals surface area contributed by atoms with Crippen molar-refractivity contribution in [2.24, 2.45) is 0 Å². The highest BCUT2D eigenvalue weighted by molar-refractivity contribution is 8.00. The number of nitrogens with one attached hydrogen (secondary N) is 1. The lowest BCUT2D eigenvalue weighted by atomic mass is 10.1. The zero-order chi connectivity index (χ0) is 14.5. The van der Waals surface area contributed by atoms with Crippen LogP contribution in [0.25, 0.3) is 0 Å². The number of hydrogen-bond donors (Lipinski definition) is 2. The number of amides is 1. The fourth-order valence-corrected chi connectivity index (χ4v) is 2.48. The molecule has 4 nitrogen and oxygen atoms in total. The monoisotopic (exact) mass is 287 g/mol. The van der Waals surface area contributed by atoms with Gasteiger partial charge in [-0.3, -0.25) is 4.79 Å². The highest BCUT2D eigenvalue weighted by Gasteiger charge is 2.16. The first-order valence-electron chi connectivity index (χ1n) is 6.31. The van der Waals surface area contributed by atoms with Crippen LogP contribution in [0.15, 0.2) is 47.6 Å². The predicted octanol–water partition coefficient (Wildman–Crippen LogP) is 3.09. The van der Waals surface area contributed by atoms with Crippen molar-refractivity contribution in [3.8, 4) is 0 Å².